The van der Waals surface area contributed by atoms with Gasteiger partial charge in [0.2, 0.25) is 0 Å². The minimum Gasteiger partial charge on any atom is -0.466 e. The molecule has 0 aromatic rings. The number of methoxy groups -OCH3 is 1. The van der Waals surface area contributed by atoms with E-state index in [-0.39, 0.29) is 0 Å². The van der Waals surface area contributed by atoms with Crippen LogP contribution in [0.3, 0.4) is 0 Å². The average molecular weight is 280 g/mol. The molecule has 0 amide bonds. The van der Waals surface area contributed by atoms with Crippen LogP contribution in [0.1, 0.15) is 34.1 Å². The first kappa shape index (κ1) is 16.7. The van der Waals surface area contributed by atoms with E-state index < -0.39 is 23.1 Å². The first-order valence-electron chi connectivity index (χ1n) is 6.67. The summed E-state index contributed by atoms with van der Waals surface area (Å²) in [5, 5.41) is 20.7. The van der Waals surface area contributed by atoms with Crippen molar-refractivity contribution in [1.29, 1.82) is 0 Å². The van der Waals surface area contributed by atoms with Gasteiger partial charge in [0.05, 0.1) is 13.2 Å². The minimum absolute atomic E-state index is 0.426. The van der Waals surface area contributed by atoms with Crippen molar-refractivity contribution in [3.05, 3.63) is 35.5 Å². The first-order chi connectivity index (χ1) is 9.12. The van der Waals surface area contributed by atoms with Crippen molar-refractivity contribution in [1.82, 2.24) is 0 Å². The monoisotopic (exact) mass is 280 g/mol. The number of allylic oxidation sites excluding steroid dienone is 2. The summed E-state index contributed by atoms with van der Waals surface area (Å²) in [6.07, 6.45) is 6.36. The van der Waals surface area contributed by atoms with E-state index in [1.807, 2.05) is 13.8 Å². The molecular formula is C16H24O4. The van der Waals surface area contributed by atoms with Crippen molar-refractivity contribution in [2.45, 2.75) is 45.8 Å². The Morgan fingerprint density at radius 3 is 2.60 bits per heavy atom. The van der Waals surface area contributed by atoms with Crippen LogP contribution in [0.25, 0.3) is 0 Å². The van der Waals surface area contributed by atoms with Crippen LogP contribution in [0, 0.1) is 5.41 Å². The number of esters is 1. The summed E-state index contributed by atoms with van der Waals surface area (Å²) in [6, 6.07) is 0. The van der Waals surface area contributed by atoms with Crippen molar-refractivity contribution in [3.8, 4) is 0 Å². The van der Waals surface area contributed by atoms with E-state index in [4.69, 9.17) is 0 Å². The molecule has 0 aliphatic heterocycles. The molecule has 0 heterocycles. The Morgan fingerprint density at radius 2 is 2.10 bits per heavy atom. The largest absolute Gasteiger partial charge is 0.466 e. The summed E-state index contributed by atoms with van der Waals surface area (Å²) < 4.78 is 4.56. The number of aliphatic hydroxyl groups excluding tert-OH is 1. The van der Waals surface area contributed by atoms with E-state index >= 15 is 0 Å². The molecule has 20 heavy (non-hydrogen) atoms. The third-order valence-corrected chi connectivity index (χ3v) is 3.93. The lowest BCUT2D eigenvalue weighted by Gasteiger charge is -2.46. The Labute approximate surface area is 120 Å². The zero-order valence-electron chi connectivity index (χ0n) is 12.8. The van der Waals surface area contributed by atoms with Crippen molar-refractivity contribution in [2.75, 3.05) is 7.11 Å². The predicted octanol–water partition coefficient (Wildman–Crippen LogP) is 2.13. The van der Waals surface area contributed by atoms with E-state index in [0.717, 1.165) is 0 Å². The minimum atomic E-state index is -1.14. The molecule has 0 spiro atoms. The highest BCUT2D eigenvalue weighted by molar-refractivity contribution is 5.83. The topological polar surface area (TPSA) is 66.8 Å². The lowest BCUT2D eigenvalue weighted by atomic mass is 9.64. The van der Waals surface area contributed by atoms with Gasteiger partial charge in [-0.25, -0.2) is 4.79 Å². The molecule has 0 fully saturated rings. The summed E-state index contributed by atoms with van der Waals surface area (Å²) in [5.74, 6) is -0.426. The fraction of sp³-hybridized carbons (Fsp3) is 0.562. The van der Waals surface area contributed by atoms with Gasteiger partial charge in [-0.3, -0.25) is 0 Å². The van der Waals surface area contributed by atoms with Crippen LogP contribution in [0.4, 0.5) is 0 Å². The molecule has 4 heteroatoms. The number of carbonyl (C=O) groups excluding carboxylic acids is 1. The van der Waals surface area contributed by atoms with E-state index in [1.165, 1.54) is 13.2 Å². The molecular weight excluding hydrogens is 256 g/mol. The molecule has 0 aromatic heterocycles. The highest BCUT2D eigenvalue weighted by atomic mass is 16.5. The molecule has 1 rings (SSSR count). The summed E-state index contributed by atoms with van der Waals surface area (Å²) in [5.41, 5.74) is -0.228. The van der Waals surface area contributed by atoms with Gasteiger partial charge in [-0.15, -0.1) is 0 Å². The Morgan fingerprint density at radius 1 is 1.50 bits per heavy atom. The Balaban J connectivity index is 3.07. The quantitative estimate of drug-likeness (QED) is 0.360. The molecule has 0 saturated carbocycles. The smallest absolute Gasteiger partial charge is 0.330 e. The van der Waals surface area contributed by atoms with Crippen LogP contribution in [0.5, 0.6) is 0 Å². The molecule has 112 valence electrons. The highest BCUT2D eigenvalue weighted by Gasteiger charge is 2.46. The Kier molecular flexibility index (Phi) is 4.95. The Hall–Kier alpha value is -1.39. The van der Waals surface area contributed by atoms with Gasteiger partial charge in [0, 0.05) is 11.5 Å². The Bertz CT molecular complexity index is 471. The number of hydrogen-bond donors (Lipinski definition) is 2. The fourth-order valence-electron chi connectivity index (χ4n) is 2.59. The van der Waals surface area contributed by atoms with Gasteiger partial charge in [-0.1, -0.05) is 26.0 Å². The van der Waals surface area contributed by atoms with Gasteiger partial charge in [-0.2, -0.15) is 0 Å². The second-order valence-electron chi connectivity index (χ2n) is 6.02. The van der Waals surface area contributed by atoms with E-state index in [2.05, 4.69) is 4.74 Å². The second kappa shape index (κ2) is 5.94. The molecule has 0 unspecified atom stereocenters. The van der Waals surface area contributed by atoms with Crippen molar-refractivity contribution < 1.29 is 19.7 Å². The van der Waals surface area contributed by atoms with E-state index in [0.29, 0.717) is 17.6 Å². The molecule has 1 aliphatic carbocycles. The number of hydrogen-bond acceptors (Lipinski definition) is 4. The maximum Gasteiger partial charge on any atom is 0.330 e. The summed E-state index contributed by atoms with van der Waals surface area (Å²) >= 11 is 0. The van der Waals surface area contributed by atoms with Gasteiger partial charge >= 0.3 is 5.97 Å². The molecule has 0 aromatic carbocycles. The predicted molar refractivity (Wildman–Crippen MR) is 78.0 cm³/mol. The van der Waals surface area contributed by atoms with Crippen LogP contribution >= 0.6 is 0 Å². The number of rotatable bonds is 3. The standard InChI is InChI=1S/C16H24O4/c1-11(8-14(18)20-5)6-7-16(19)12(2)9-13(17)10-15(16,3)4/h6-9,13,17,19H,10H2,1-5H3/b7-6+,11-8+/t13-,16+/m0/s1. The molecule has 1 aliphatic rings. The third kappa shape index (κ3) is 3.38. The van der Waals surface area contributed by atoms with Gasteiger partial charge in [-0.05, 0) is 37.5 Å². The number of carbonyl (C=O) groups is 1. The lowest BCUT2D eigenvalue weighted by molar-refractivity contribution is -0.134. The van der Waals surface area contributed by atoms with E-state index in [1.54, 1.807) is 32.1 Å². The molecule has 4 nitrogen and oxygen atoms in total. The average Bonchev–Trinajstić information content (AvgIpc) is 2.32. The highest BCUT2D eigenvalue weighted by Crippen LogP contribution is 2.45. The lowest BCUT2D eigenvalue weighted by Crippen LogP contribution is -2.48. The maximum atomic E-state index is 11.1. The van der Waals surface area contributed by atoms with Crippen LogP contribution in [-0.2, 0) is 9.53 Å². The van der Waals surface area contributed by atoms with Gasteiger partial charge in [0.1, 0.15) is 5.60 Å². The van der Waals surface area contributed by atoms with Crippen LogP contribution < -0.4 is 0 Å². The molecule has 0 radical (unpaired) electrons. The molecule has 2 atom stereocenters. The summed E-state index contributed by atoms with van der Waals surface area (Å²) in [4.78, 5) is 11.1. The SMILES string of the molecule is COC(=O)/C=C(C)/C=C/[C@@]1(O)C(C)=C[C@H](O)CC1(C)C. The number of aliphatic hydroxyl groups is 2. The van der Waals surface area contributed by atoms with Crippen LogP contribution in [-0.4, -0.2) is 35.0 Å². The molecule has 0 bridgehead atoms. The maximum absolute atomic E-state index is 11.1. The zero-order chi connectivity index (χ0) is 15.6. The zero-order valence-corrected chi connectivity index (χ0v) is 12.8. The van der Waals surface area contributed by atoms with Crippen molar-refractivity contribution in [3.63, 3.8) is 0 Å². The van der Waals surface area contributed by atoms with Crippen LogP contribution in [0.15, 0.2) is 35.5 Å². The van der Waals surface area contributed by atoms with Gasteiger partial charge in [0.25, 0.3) is 0 Å². The first-order valence-corrected chi connectivity index (χ1v) is 6.67. The molecule has 0 saturated heterocycles. The summed E-state index contributed by atoms with van der Waals surface area (Å²) in [7, 11) is 1.32. The van der Waals surface area contributed by atoms with Crippen LogP contribution in [0.2, 0.25) is 0 Å². The fourth-order valence-corrected chi connectivity index (χ4v) is 2.59. The van der Waals surface area contributed by atoms with Crippen molar-refractivity contribution >= 4 is 5.97 Å². The van der Waals surface area contributed by atoms with Gasteiger partial charge < -0.3 is 14.9 Å². The second-order valence-corrected chi connectivity index (χ2v) is 6.02. The van der Waals surface area contributed by atoms with E-state index in [9.17, 15) is 15.0 Å². The summed E-state index contributed by atoms with van der Waals surface area (Å²) in [6.45, 7) is 7.39. The third-order valence-electron chi connectivity index (χ3n) is 3.93. The molecule has 2 N–H and O–H groups in total. The number of ether oxygens (including phenoxy) is 1. The van der Waals surface area contributed by atoms with Crippen molar-refractivity contribution in [2.24, 2.45) is 5.41 Å². The van der Waals surface area contributed by atoms with Gasteiger partial charge in [0.15, 0.2) is 0 Å². The normalized spacial score (nSPS) is 30.2.